The molecular formula is C19H23N5O2. The van der Waals surface area contributed by atoms with Crippen molar-refractivity contribution < 1.29 is 9.53 Å². The summed E-state index contributed by atoms with van der Waals surface area (Å²) >= 11 is 0. The predicted octanol–water partition coefficient (Wildman–Crippen LogP) is 1.78. The zero-order chi connectivity index (χ0) is 18.5. The Bertz CT molecular complexity index is 887. The van der Waals surface area contributed by atoms with Crippen LogP contribution in [0.5, 0.6) is 5.75 Å². The third-order valence-electron chi connectivity index (χ3n) is 4.11. The van der Waals surface area contributed by atoms with Crippen molar-refractivity contribution in [2.45, 2.75) is 6.54 Å². The summed E-state index contributed by atoms with van der Waals surface area (Å²) in [6.45, 7) is 2.01. The molecule has 0 aliphatic carbocycles. The van der Waals surface area contributed by atoms with E-state index >= 15 is 0 Å². The fraction of sp³-hybridized carbons (Fsp3) is 0.316. The Morgan fingerprint density at radius 1 is 1.19 bits per heavy atom. The number of nitrogens with zero attached hydrogens (tertiary/aromatic N) is 4. The Kier molecular flexibility index (Phi) is 5.48. The van der Waals surface area contributed by atoms with Gasteiger partial charge in [0.2, 0.25) is 0 Å². The molecule has 1 heterocycles. The Labute approximate surface area is 152 Å². The molecule has 0 atom stereocenters. The smallest absolute Gasteiger partial charge is 0.251 e. The van der Waals surface area contributed by atoms with Gasteiger partial charge in [-0.2, -0.15) is 0 Å². The molecule has 0 saturated heterocycles. The molecule has 0 aliphatic heterocycles. The monoisotopic (exact) mass is 353 g/mol. The molecule has 0 unspecified atom stereocenters. The maximum absolute atomic E-state index is 12.2. The molecule has 1 N–H and O–H groups in total. The first-order valence-corrected chi connectivity index (χ1v) is 8.46. The maximum Gasteiger partial charge on any atom is 0.251 e. The number of hydrogen-bond acceptors (Lipinski definition) is 5. The molecule has 1 aromatic heterocycles. The van der Waals surface area contributed by atoms with E-state index in [4.69, 9.17) is 4.74 Å². The van der Waals surface area contributed by atoms with E-state index in [-0.39, 0.29) is 5.91 Å². The molecule has 0 fully saturated rings. The molecule has 1 amide bonds. The highest BCUT2D eigenvalue weighted by atomic mass is 16.5. The zero-order valence-corrected chi connectivity index (χ0v) is 15.3. The van der Waals surface area contributed by atoms with Gasteiger partial charge < -0.3 is 15.0 Å². The molecule has 136 valence electrons. The van der Waals surface area contributed by atoms with Crippen LogP contribution < -0.4 is 10.1 Å². The summed E-state index contributed by atoms with van der Waals surface area (Å²) in [4.78, 5) is 14.3. The van der Waals surface area contributed by atoms with E-state index in [1.54, 1.807) is 19.2 Å². The van der Waals surface area contributed by atoms with Crippen molar-refractivity contribution in [3.8, 4) is 5.75 Å². The first-order chi connectivity index (χ1) is 12.6. The van der Waals surface area contributed by atoms with Crippen LogP contribution in [-0.2, 0) is 6.54 Å². The maximum atomic E-state index is 12.2. The Morgan fingerprint density at radius 3 is 2.65 bits per heavy atom. The molecule has 0 aliphatic rings. The van der Waals surface area contributed by atoms with E-state index in [1.165, 1.54) is 0 Å². The third kappa shape index (κ3) is 4.18. The number of carbonyl (C=O) groups is 1. The number of fused-ring (bicyclic) bond motifs is 1. The second kappa shape index (κ2) is 7.97. The lowest BCUT2D eigenvalue weighted by Gasteiger charge is -2.10. The van der Waals surface area contributed by atoms with Crippen molar-refractivity contribution in [1.82, 2.24) is 25.2 Å². The summed E-state index contributed by atoms with van der Waals surface area (Å²) in [5, 5.41) is 11.3. The normalized spacial score (nSPS) is 11.1. The SMILES string of the molecule is COc1ccc(Cn2nnc3cc(C(=O)NCCN(C)C)ccc32)cc1. The minimum absolute atomic E-state index is 0.0987. The minimum atomic E-state index is -0.0987. The number of amides is 1. The number of carbonyl (C=O) groups excluding carboxylic acids is 1. The van der Waals surface area contributed by atoms with Gasteiger partial charge in [-0.25, -0.2) is 4.68 Å². The quantitative estimate of drug-likeness (QED) is 0.701. The third-order valence-corrected chi connectivity index (χ3v) is 4.11. The van der Waals surface area contributed by atoms with Crippen LogP contribution in [0.3, 0.4) is 0 Å². The first-order valence-electron chi connectivity index (χ1n) is 8.46. The number of rotatable bonds is 7. The van der Waals surface area contributed by atoms with Gasteiger partial charge >= 0.3 is 0 Å². The number of nitrogens with one attached hydrogen (secondary N) is 1. The molecule has 2 aromatic carbocycles. The lowest BCUT2D eigenvalue weighted by molar-refractivity contribution is 0.0951. The van der Waals surface area contributed by atoms with Crippen LogP contribution >= 0.6 is 0 Å². The molecule has 0 spiro atoms. The largest absolute Gasteiger partial charge is 0.497 e. The minimum Gasteiger partial charge on any atom is -0.497 e. The Morgan fingerprint density at radius 2 is 1.96 bits per heavy atom. The highest BCUT2D eigenvalue weighted by Gasteiger charge is 2.10. The Balaban J connectivity index is 1.73. The van der Waals surface area contributed by atoms with Crippen molar-refractivity contribution in [2.75, 3.05) is 34.3 Å². The van der Waals surface area contributed by atoms with Crippen LogP contribution in [0.4, 0.5) is 0 Å². The van der Waals surface area contributed by atoms with Gasteiger partial charge in [-0.1, -0.05) is 17.3 Å². The lowest BCUT2D eigenvalue weighted by atomic mass is 10.1. The van der Waals surface area contributed by atoms with Crippen LogP contribution in [0.2, 0.25) is 0 Å². The van der Waals surface area contributed by atoms with Gasteiger partial charge in [0.1, 0.15) is 11.3 Å². The second-order valence-corrected chi connectivity index (χ2v) is 6.36. The van der Waals surface area contributed by atoms with E-state index in [1.807, 2.05) is 54.0 Å². The molecule has 0 radical (unpaired) electrons. The lowest BCUT2D eigenvalue weighted by Crippen LogP contribution is -2.31. The summed E-state index contributed by atoms with van der Waals surface area (Å²) in [7, 11) is 5.59. The molecule has 3 rings (SSSR count). The number of ether oxygens (including phenoxy) is 1. The van der Waals surface area contributed by atoms with E-state index in [0.717, 1.165) is 23.4 Å². The van der Waals surface area contributed by atoms with Crippen LogP contribution in [0.15, 0.2) is 42.5 Å². The summed E-state index contributed by atoms with van der Waals surface area (Å²) in [6, 6.07) is 13.3. The molecular weight excluding hydrogens is 330 g/mol. The number of likely N-dealkylation sites (N-methyl/N-ethyl adjacent to an activating group) is 1. The highest BCUT2D eigenvalue weighted by molar-refractivity contribution is 5.97. The number of methoxy groups -OCH3 is 1. The van der Waals surface area contributed by atoms with Crippen LogP contribution in [0, 0.1) is 0 Å². The second-order valence-electron chi connectivity index (χ2n) is 6.36. The van der Waals surface area contributed by atoms with Crippen LogP contribution in [-0.4, -0.2) is 60.1 Å². The standard InChI is InChI=1S/C19H23N5O2/c1-23(2)11-10-20-19(25)15-6-9-18-17(12-15)21-22-24(18)13-14-4-7-16(26-3)8-5-14/h4-9,12H,10-11,13H2,1-3H3,(H,20,25). The molecule has 26 heavy (non-hydrogen) atoms. The van der Waals surface area contributed by atoms with Gasteiger partial charge in [0, 0.05) is 18.7 Å². The average molecular weight is 353 g/mol. The summed E-state index contributed by atoms with van der Waals surface area (Å²) in [5.41, 5.74) is 3.29. The molecule has 7 heteroatoms. The average Bonchev–Trinajstić information content (AvgIpc) is 3.04. The van der Waals surface area contributed by atoms with Crippen molar-refractivity contribution >= 4 is 16.9 Å². The van der Waals surface area contributed by atoms with Crippen LogP contribution in [0.1, 0.15) is 15.9 Å². The summed E-state index contributed by atoms with van der Waals surface area (Å²) in [5.74, 6) is 0.723. The molecule has 0 saturated carbocycles. The molecule has 3 aromatic rings. The van der Waals surface area contributed by atoms with Crippen molar-refractivity contribution in [3.63, 3.8) is 0 Å². The molecule has 7 nitrogen and oxygen atoms in total. The fourth-order valence-corrected chi connectivity index (χ4v) is 2.63. The fourth-order valence-electron chi connectivity index (χ4n) is 2.63. The van der Waals surface area contributed by atoms with Gasteiger partial charge in [-0.15, -0.1) is 5.10 Å². The summed E-state index contributed by atoms with van der Waals surface area (Å²) < 4.78 is 7.00. The Hall–Kier alpha value is -2.93. The van der Waals surface area contributed by atoms with E-state index in [2.05, 4.69) is 15.6 Å². The van der Waals surface area contributed by atoms with Gasteiger partial charge in [-0.3, -0.25) is 4.79 Å². The van der Waals surface area contributed by atoms with E-state index < -0.39 is 0 Å². The number of hydrogen-bond donors (Lipinski definition) is 1. The number of aromatic nitrogens is 3. The van der Waals surface area contributed by atoms with Gasteiger partial charge in [0.25, 0.3) is 5.91 Å². The van der Waals surface area contributed by atoms with Crippen molar-refractivity contribution in [1.29, 1.82) is 0 Å². The zero-order valence-electron chi connectivity index (χ0n) is 15.3. The van der Waals surface area contributed by atoms with Crippen LogP contribution in [0.25, 0.3) is 11.0 Å². The topological polar surface area (TPSA) is 72.3 Å². The summed E-state index contributed by atoms with van der Waals surface area (Å²) in [6.07, 6.45) is 0. The van der Waals surface area contributed by atoms with Gasteiger partial charge in [-0.05, 0) is 50.0 Å². The highest BCUT2D eigenvalue weighted by Crippen LogP contribution is 2.17. The van der Waals surface area contributed by atoms with Crippen molar-refractivity contribution in [3.05, 3.63) is 53.6 Å². The first kappa shape index (κ1) is 17.9. The van der Waals surface area contributed by atoms with E-state index in [0.29, 0.717) is 24.2 Å². The van der Waals surface area contributed by atoms with Crippen molar-refractivity contribution in [2.24, 2.45) is 0 Å². The molecule has 0 bridgehead atoms. The van der Waals surface area contributed by atoms with Gasteiger partial charge in [0.05, 0.1) is 19.2 Å². The van der Waals surface area contributed by atoms with Gasteiger partial charge in [0.15, 0.2) is 0 Å². The predicted molar refractivity (Wildman–Crippen MR) is 101 cm³/mol. The van der Waals surface area contributed by atoms with E-state index in [9.17, 15) is 4.79 Å². The number of benzene rings is 2.